The SMILES string of the molecule is CCC(O)(CC)CN1CCN(C(=O)c2cccs2)CC1. The number of piperazine rings is 1. The van der Waals surface area contributed by atoms with E-state index in [1.54, 1.807) is 0 Å². The molecule has 1 aliphatic rings. The molecule has 2 rings (SSSR count). The highest BCUT2D eigenvalue weighted by atomic mass is 32.1. The predicted octanol–water partition coefficient (Wildman–Crippen LogP) is 2.06. The lowest BCUT2D eigenvalue weighted by Gasteiger charge is -2.38. The van der Waals surface area contributed by atoms with Crippen LogP contribution in [0.4, 0.5) is 0 Å². The Balaban J connectivity index is 1.85. The van der Waals surface area contributed by atoms with Crippen LogP contribution in [-0.2, 0) is 0 Å². The fourth-order valence-corrected chi connectivity index (χ4v) is 3.25. The minimum atomic E-state index is -0.583. The van der Waals surface area contributed by atoms with E-state index in [9.17, 15) is 9.90 Å². The summed E-state index contributed by atoms with van der Waals surface area (Å²) in [4.78, 5) is 17.2. The third-order valence-electron chi connectivity index (χ3n) is 4.23. The number of hydrogen-bond donors (Lipinski definition) is 1. The lowest BCUT2D eigenvalue weighted by Crippen LogP contribution is -2.52. The van der Waals surface area contributed by atoms with Gasteiger partial charge < -0.3 is 10.0 Å². The second-order valence-corrected chi connectivity index (χ2v) is 6.42. The number of amides is 1. The number of rotatable bonds is 5. The third-order valence-corrected chi connectivity index (χ3v) is 5.08. The summed E-state index contributed by atoms with van der Waals surface area (Å²) in [6, 6.07) is 3.79. The highest BCUT2D eigenvalue weighted by Crippen LogP contribution is 2.19. The largest absolute Gasteiger partial charge is 0.389 e. The molecule has 1 N–H and O–H groups in total. The minimum Gasteiger partial charge on any atom is -0.389 e. The van der Waals surface area contributed by atoms with Crippen LogP contribution in [-0.4, -0.2) is 59.1 Å². The Labute approximate surface area is 125 Å². The van der Waals surface area contributed by atoms with E-state index in [1.165, 1.54) is 11.3 Å². The van der Waals surface area contributed by atoms with E-state index in [4.69, 9.17) is 0 Å². The van der Waals surface area contributed by atoms with Gasteiger partial charge >= 0.3 is 0 Å². The first kappa shape index (κ1) is 15.5. The van der Waals surface area contributed by atoms with E-state index >= 15 is 0 Å². The fourth-order valence-electron chi connectivity index (χ4n) is 2.55. The van der Waals surface area contributed by atoms with Gasteiger partial charge in [0.1, 0.15) is 0 Å². The molecule has 1 amide bonds. The van der Waals surface area contributed by atoms with Crippen LogP contribution in [0.2, 0.25) is 0 Å². The van der Waals surface area contributed by atoms with Crippen molar-refractivity contribution < 1.29 is 9.90 Å². The Morgan fingerprint density at radius 3 is 2.45 bits per heavy atom. The Morgan fingerprint density at radius 2 is 1.95 bits per heavy atom. The maximum atomic E-state index is 12.2. The summed E-state index contributed by atoms with van der Waals surface area (Å²) in [5.74, 6) is 0.140. The molecule has 0 bridgehead atoms. The zero-order valence-electron chi connectivity index (χ0n) is 12.3. The van der Waals surface area contributed by atoms with Crippen LogP contribution < -0.4 is 0 Å². The van der Waals surface area contributed by atoms with Gasteiger partial charge in [0.15, 0.2) is 0 Å². The van der Waals surface area contributed by atoms with E-state index in [2.05, 4.69) is 4.90 Å². The predicted molar refractivity (Wildman–Crippen MR) is 82.2 cm³/mol. The highest BCUT2D eigenvalue weighted by molar-refractivity contribution is 7.12. The first-order chi connectivity index (χ1) is 9.58. The van der Waals surface area contributed by atoms with Crippen molar-refractivity contribution in [2.24, 2.45) is 0 Å². The van der Waals surface area contributed by atoms with Crippen LogP contribution in [0.5, 0.6) is 0 Å². The molecule has 1 aromatic heterocycles. The van der Waals surface area contributed by atoms with E-state index in [0.717, 1.165) is 43.9 Å². The molecule has 1 aromatic rings. The van der Waals surface area contributed by atoms with E-state index < -0.39 is 5.60 Å². The van der Waals surface area contributed by atoms with Crippen molar-refractivity contribution in [3.8, 4) is 0 Å². The molecule has 0 saturated carbocycles. The Morgan fingerprint density at radius 1 is 1.30 bits per heavy atom. The van der Waals surface area contributed by atoms with Crippen molar-refractivity contribution in [3.63, 3.8) is 0 Å². The Hall–Kier alpha value is -0.910. The Kier molecular flexibility index (Phi) is 5.18. The number of carbonyl (C=O) groups is 1. The lowest BCUT2D eigenvalue weighted by molar-refractivity contribution is -0.0139. The number of thiophene rings is 1. The van der Waals surface area contributed by atoms with Crippen LogP contribution in [0.25, 0.3) is 0 Å². The minimum absolute atomic E-state index is 0.140. The summed E-state index contributed by atoms with van der Waals surface area (Å²) in [5.41, 5.74) is -0.583. The molecular weight excluding hydrogens is 272 g/mol. The van der Waals surface area contributed by atoms with E-state index in [1.807, 2.05) is 36.3 Å². The average Bonchev–Trinajstić information content (AvgIpc) is 3.01. The van der Waals surface area contributed by atoms with Gasteiger partial charge in [0.05, 0.1) is 10.5 Å². The molecule has 0 radical (unpaired) electrons. The second-order valence-electron chi connectivity index (χ2n) is 5.48. The van der Waals surface area contributed by atoms with Gasteiger partial charge in [0.25, 0.3) is 5.91 Å². The second kappa shape index (κ2) is 6.70. The van der Waals surface area contributed by atoms with Crippen LogP contribution in [0, 0.1) is 0 Å². The molecule has 4 nitrogen and oxygen atoms in total. The smallest absolute Gasteiger partial charge is 0.264 e. The average molecular weight is 296 g/mol. The molecule has 0 spiro atoms. The molecule has 0 aromatic carbocycles. The van der Waals surface area contributed by atoms with Gasteiger partial charge in [-0.15, -0.1) is 11.3 Å². The molecule has 20 heavy (non-hydrogen) atoms. The number of carbonyl (C=O) groups excluding carboxylic acids is 1. The van der Waals surface area contributed by atoms with Crippen molar-refractivity contribution in [1.29, 1.82) is 0 Å². The molecule has 1 fully saturated rings. The number of aliphatic hydroxyl groups is 1. The molecule has 112 valence electrons. The first-order valence-corrected chi connectivity index (χ1v) is 8.23. The zero-order valence-corrected chi connectivity index (χ0v) is 13.2. The molecule has 0 atom stereocenters. The summed E-state index contributed by atoms with van der Waals surface area (Å²) < 4.78 is 0. The summed E-state index contributed by atoms with van der Waals surface area (Å²) in [5, 5.41) is 12.3. The number of hydrogen-bond acceptors (Lipinski definition) is 4. The highest BCUT2D eigenvalue weighted by Gasteiger charge is 2.29. The summed E-state index contributed by atoms with van der Waals surface area (Å²) in [6.45, 7) is 7.96. The van der Waals surface area contributed by atoms with Gasteiger partial charge in [-0.25, -0.2) is 0 Å². The standard InChI is InChI=1S/C15H24N2O2S/c1-3-15(19,4-2)12-16-7-9-17(10-8-16)14(18)13-6-5-11-20-13/h5-6,11,19H,3-4,7-10,12H2,1-2H3. The van der Waals surface area contributed by atoms with Gasteiger partial charge in [-0.2, -0.15) is 0 Å². The van der Waals surface area contributed by atoms with Crippen LogP contribution in [0.15, 0.2) is 17.5 Å². The first-order valence-electron chi connectivity index (χ1n) is 7.35. The molecule has 0 unspecified atom stereocenters. The lowest BCUT2D eigenvalue weighted by atomic mass is 9.96. The van der Waals surface area contributed by atoms with Gasteiger partial charge in [0.2, 0.25) is 0 Å². The van der Waals surface area contributed by atoms with Crippen molar-refractivity contribution in [2.45, 2.75) is 32.3 Å². The zero-order chi connectivity index (χ0) is 14.6. The van der Waals surface area contributed by atoms with E-state index in [-0.39, 0.29) is 5.91 Å². The van der Waals surface area contributed by atoms with Gasteiger partial charge in [0, 0.05) is 32.7 Å². The van der Waals surface area contributed by atoms with Gasteiger partial charge in [-0.3, -0.25) is 9.69 Å². The van der Waals surface area contributed by atoms with Crippen molar-refractivity contribution in [1.82, 2.24) is 9.80 Å². The van der Waals surface area contributed by atoms with Crippen LogP contribution in [0.1, 0.15) is 36.4 Å². The van der Waals surface area contributed by atoms with E-state index in [0.29, 0.717) is 6.54 Å². The Bertz CT molecular complexity index is 421. The molecular formula is C15H24N2O2S. The molecule has 5 heteroatoms. The maximum Gasteiger partial charge on any atom is 0.264 e. The number of β-amino-alcohol motifs (C(OH)–C–C–N with tert-alkyl or cyclic N) is 1. The monoisotopic (exact) mass is 296 g/mol. The van der Waals surface area contributed by atoms with Crippen molar-refractivity contribution in [3.05, 3.63) is 22.4 Å². The van der Waals surface area contributed by atoms with Crippen LogP contribution >= 0.6 is 11.3 Å². The summed E-state index contributed by atoms with van der Waals surface area (Å²) in [7, 11) is 0. The normalized spacial score (nSPS) is 17.4. The molecule has 1 aliphatic heterocycles. The maximum absolute atomic E-state index is 12.2. The topological polar surface area (TPSA) is 43.8 Å². The number of nitrogens with zero attached hydrogens (tertiary/aromatic N) is 2. The quantitative estimate of drug-likeness (QED) is 0.904. The van der Waals surface area contributed by atoms with Crippen molar-refractivity contribution >= 4 is 17.2 Å². The molecule has 2 heterocycles. The fraction of sp³-hybridized carbons (Fsp3) is 0.667. The summed E-state index contributed by atoms with van der Waals surface area (Å²) >= 11 is 1.50. The summed E-state index contributed by atoms with van der Waals surface area (Å²) in [6.07, 6.45) is 1.55. The molecule has 0 aliphatic carbocycles. The molecule has 1 saturated heterocycles. The van der Waals surface area contributed by atoms with Crippen molar-refractivity contribution in [2.75, 3.05) is 32.7 Å². The van der Waals surface area contributed by atoms with Gasteiger partial charge in [-0.05, 0) is 24.3 Å². The van der Waals surface area contributed by atoms with Crippen LogP contribution in [0.3, 0.4) is 0 Å². The van der Waals surface area contributed by atoms with Gasteiger partial charge in [-0.1, -0.05) is 19.9 Å². The third kappa shape index (κ3) is 3.59.